The lowest BCUT2D eigenvalue weighted by Gasteiger charge is -2.23. The molecule has 0 bridgehead atoms. The molecule has 226 valence electrons. The second-order valence-electron chi connectivity index (χ2n) is 10.2. The molecule has 0 unspecified atom stereocenters. The molecule has 1 aliphatic rings. The smallest absolute Gasteiger partial charge is 0.453 e. The van der Waals surface area contributed by atoms with Crippen LogP contribution in [0.4, 0.5) is 33.6 Å². The number of hydrogen-bond acceptors (Lipinski definition) is 7. The van der Waals surface area contributed by atoms with Gasteiger partial charge in [0.15, 0.2) is 5.82 Å². The molecule has 1 atom stereocenters. The number of carbonyl (C=O) groups excluding carboxylic acids is 2. The molecule has 0 fully saturated rings. The number of nitrogen functional groups attached to an aromatic ring is 1. The van der Waals surface area contributed by atoms with E-state index in [0.29, 0.717) is 22.9 Å². The number of aromatic nitrogens is 4. The summed E-state index contributed by atoms with van der Waals surface area (Å²) >= 11 is 6.08. The largest absolute Gasteiger partial charge is 0.469 e. The molecule has 2 aromatic heterocycles. The number of fused-ring (bicyclic) bond motifs is 2. The third-order valence-corrected chi connectivity index (χ3v) is 7.71. The number of carbonyl (C=O) groups is 2. The van der Waals surface area contributed by atoms with Gasteiger partial charge in [-0.25, -0.2) is 9.97 Å². The van der Waals surface area contributed by atoms with Crippen LogP contribution in [0.1, 0.15) is 36.5 Å². The number of nitrogens with two attached hydrogens (primary N) is 1. The van der Waals surface area contributed by atoms with Crippen molar-refractivity contribution in [2.24, 2.45) is 0 Å². The van der Waals surface area contributed by atoms with Crippen LogP contribution < -0.4 is 11.1 Å². The second-order valence-corrected chi connectivity index (χ2v) is 10.6. The van der Waals surface area contributed by atoms with Crippen LogP contribution in [-0.2, 0) is 32.7 Å². The number of nitrogens with zero attached hydrogens (tertiary/aromatic N) is 4. The number of methoxy groups -OCH3 is 1. The summed E-state index contributed by atoms with van der Waals surface area (Å²) in [5, 5.41) is 7.49. The molecule has 3 heterocycles. The lowest BCUT2D eigenvalue weighted by Crippen LogP contribution is -2.37. The predicted octanol–water partition coefficient (Wildman–Crippen LogP) is 5.68. The summed E-state index contributed by atoms with van der Waals surface area (Å²) in [5.41, 5.74) is 7.08. The van der Waals surface area contributed by atoms with Crippen LogP contribution in [0.2, 0.25) is 5.02 Å². The Morgan fingerprint density at radius 2 is 1.81 bits per heavy atom. The Morgan fingerprint density at radius 3 is 2.47 bits per heavy atom. The van der Waals surface area contributed by atoms with Gasteiger partial charge in [0, 0.05) is 29.8 Å². The van der Waals surface area contributed by atoms with Crippen molar-refractivity contribution in [1.82, 2.24) is 19.7 Å². The number of benzene rings is 2. The normalized spacial score (nSPS) is 16.8. The number of anilines is 2. The minimum atomic E-state index is -5.72. The van der Waals surface area contributed by atoms with Gasteiger partial charge < -0.3 is 15.8 Å². The van der Waals surface area contributed by atoms with Crippen molar-refractivity contribution < 1.29 is 36.3 Å². The maximum absolute atomic E-state index is 13.7. The zero-order chi connectivity index (χ0) is 31.3. The van der Waals surface area contributed by atoms with E-state index in [-0.39, 0.29) is 46.1 Å². The number of rotatable bonds is 8. The van der Waals surface area contributed by atoms with E-state index in [4.69, 9.17) is 17.3 Å². The van der Waals surface area contributed by atoms with Gasteiger partial charge in [0.1, 0.15) is 22.7 Å². The van der Waals surface area contributed by atoms with E-state index in [1.54, 1.807) is 31.2 Å². The number of nitrogens with one attached hydrogen (secondary N) is 1. The first-order valence-electron chi connectivity index (χ1n) is 12.9. The minimum absolute atomic E-state index is 0.0503. The van der Waals surface area contributed by atoms with E-state index in [2.05, 4.69) is 25.1 Å². The number of aryl methyl sites for hydroxylation is 2. The van der Waals surface area contributed by atoms with Gasteiger partial charge in [-0.15, -0.1) is 0 Å². The summed E-state index contributed by atoms with van der Waals surface area (Å²) in [6, 6.07) is 11.4. The molecule has 1 aliphatic heterocycles. The maximum atomic E-state index is 13.7. The van der Waals surface area contributed by atoms with Crippen molar-refractivity contribution in [3.8, 4) is 11.5 Å². The Hall–Kier alpha value is -4.33. The average Bonchev–Trinajstić information content (AvgIpc) is 3.44. The fourth-order valence-electron chi connectivity index (χ4n) is 5.01. The van der Waals surface area contributed by atoms with E-state index >= 15 is 0 Å². The zero-order valence-corrected chi connectivity index (χ0v) is 23.5. The molecule has 0 saturated carbocycles. The number of esters is 1. The van der Waals surface area contributed by atoms with E-state index in [0.717, 1.165) is 10.2 Å². The van der Waals surface area contributed by atoms with Crippen molar-refractivity contribution in [1.29, 1.82) is 0 Å². The molecule has 15 heteroatoms. The van der Waals surface area contributed by atoms with Crippen molar-refractivity contribution >= 4 is 46.0 Å². The monoisotopic (exact) mass is 622 g/mol. The number of hydrogen-bond donors (Lipinski definition) is 2. The fraction of sp³-hybridized carbons (Fsp3) is 0.321. The van der Waals surface area contributed by atoms with Gasteiger partial charge in [-0.05, 0) is 42.7 Å². The van der Waals surface area contributed by atoms with Gasteiger partial charge in [-0.2, -0.15) is 27.1 Å². The third-order valence-electron chi connectivity index (χ3n) is 7.48. The van der Waals surface area contributed by atoms with Crippen molar-refractivity contribution in [3.05, 3.63) is 64.2 Å². The second kappa shape index (κ2) is 10.7. The van der Waals surface area contributed by atoms with Crippen LogP contribution in [0.5, 0.6) is 0 Å². The molecule has 2 aromatic carbocycles. The van der Waals surface area contributed by atoms with Crippen molar-refractivity contribution in [2.45, 2.75) is 50.2 Å². The summed E-state index contributed by atoms with van der Waals surface area (Å²) in [5.74, 6) is -5.75. The van der Waals surface area contributed by atoms with Crippen molar-refractivity contribution in [2.75, 3.05) is 18.2 Å². The Kier molecular flexibility index (Phi) is 7.53. The Labute approximate surface area is 246 Å². The number of ether oxygens (including phenoxy) is 1. The summed E-state index contributed by atoms with van der Waals surface area (Å²) < 4.78 is 71.4. The van der Waals surface area contributed by atoms with Crippen LogP contribution in [0, 0.1) is 0 Å². The Bertz CT molecular complexity index is 1740. The lowest BCUT2D eigenvalue weighted by atomic mass is 9.77. The lowest BCUT2D eigenvalue weighted by molar-refractivity contribution is -0.285. The SMILES string of the molecule is COC(=O)CCc1ccc([C@]2(C)C(=O)Nc3nc(-c4nn(CCC(F)(F)C(F)(F)F)c5cc(Cl)ccc45)nc(N)c32)cc1. The molecular formula is C28H24ClF5N6O3. The number of amides is 1. The van der Waals surface area contributed by atoms with E-state index < -0.39 is 36.4 Å². The standard InChI is InChI=1S/C28H24ClF5N6O3/c1-26(15-6-3-14(4-7-15)5-10-19(41)43-2)20-22(35)36-24(37-23(20)38-25(26)42)21-17-9-8-16(29)13-18(17)40(39-21)12-11-27(30,31)28(32,33)34/h3-4,6-9,13H,5,10-12H2,1-2H3,(H3,35,36,37,38,42)/t26-/m0/s1. The van der Waals surface area contributed by atoms with E-state index in [1.165, 1.54) is 25.3 Å². The van der Waals surface area contributed by atoms with Crippen LogP contribution in [-0.4, -0.2) is 50.8 Å². The predicted molar refractivity (Wildman–Crippen MR) is 148 cm³/mol. The van der Waals surface area contributed by atoms with Crippen LogP contribution in [0.3, 0.4) is 0 Å². The average molecular weight is 623 g/mol. The summed E-state index contributed by atoms with van der Waals surface area (Å²) in [6.07, 6.45) is -6.63. The summed E-state index contributed by atoms with van der Waals surface area (Å²) in [4.78, 5) is 33.6. The zero-order valence-electron chi connectivity index (χ0n) is 22.7. The highest BCUT2D eigenvalue weighted by Gasteiger charge is 2.56. The maximum Gasteiger partial charge on any atom is 0.453 e. The highest BCUT2D eigenvalue weighted by Crippen LogP contribution is 2.45. The van der Waals surface area contributed by atoms with Gasteiger partial charge in [-0.3, -0.25) is 14.3 Å². The molecule has 3 N–H and O–H groups in total. The van der Waals surface area contributed by atoms with Crippen LogP contribution in [0.15, 0.2) is 42.5 Å². The van der Waals surface area contributed by atoms with Crippen molar-refractivity contribution in [3.63, 3.8) is 0 Å². The Balaban J connectivity index is 1.51. The highest BCUT2D eigenvalue weighted by molar-refractivity contribution is 6.31. The molecule has 0 spiro atoms. The minimum Gasteiger partial charge on any atom is -0.469 e. The van der Waals surface area contributed by atoms with Gasteiger partial charge in [0.25, 0.3) is 0 Å². The first-order valence-corrected chi connectivity index (χ1v) is 13.3. The molecule has 0 radical (unpaired) electrons. The molecule has 0 saturated heterocycles. The first kappa shape index (κ1) is 30.1. The van der Waals surface area contributed by atoms with Gasteiger partial charge >= 0.3 is 18.1 Å². The summed E-state index contributed by atoms with van der Waals surface area (Å²) in [6.45, 7) is 0.873. The van der Waals surface area contributed by atoms with Gasteiger partial charge in [0.05, 0.1) is 18.2 Å². The Morgan fingerprint density at radius 1 is 1.12 bits per heavy atom. The van der Waals surface area contributed by atoms with Gasteiger partial charge in [0.2, 0.25) is 5.91 Å². The molecule has 5 rings (SSSR count). The quantitative estimate of drug-likeness (QED) is 0.191. The molecule has 4 aromatic rings. The molecule has 1 amide bonds. The fourth-order valence-corrected chi connectivity index (χ4v) is 5.18. The topological polar surface area (TPSA) is 125 Å². The van der Waals surface area contributed by atoms with Crippen LogP contribution >= 0.6 is 11.6 Å². The van der Waals surface area contributed by atoms with Gasteiger partial charge in [-0.1, -0.05) is 35.9 Å². The highest BCUT2D eigenvalue weighted by atomic mass is 35.5. The molecular weight excluding hydrogens is 599 g/mol. The molecule has 0 aliphatic carbocycles. The number of halogens is 6. The first-order chi connectivity index (χ1) is 20.2. The number of alkyl halides is 5. The summed E-state index contributed by atoms with van der Waals surface area (Å²) in [7, 11) is 1.31. The van der Waals surface area contributed by atoms with E-state index in [9.17, 15) is 31.5 Å². The van der Waals surface area contributed by atoms with Crippen LogP contribution in [0.25, 0.3) is 22.4 Å². The molecule has 43 heavy (non-hydrogen) atoms. The van der Waals surface area contributed by atoms with E-state index in [1.807, 2.05) is 0 Å². The molecule has 9 nitrogen and oxygen atoms in total. The third kappa shape index (κ3) is 5.35.